The normalized spacial score (nSPS) is 30.1. The summed E-state index contributed by atoms with van der Waals surface area (Å²) in [7, 11) is 0. The Hall–Kier alpha value is -2.09. The van der Waals surface area contributed by atoms with Crippen LogP contribution in [0.5, 0.6) is 0 Å². The van der Waals surface area contributed by atoms with Crippen molar-refractivity contribution >= 4 is 18.3 Å². The number of aliphatic hydroxyl groups is 1. The van der Waals surface area contributed by atoms with Crippen LogP contribution >= 0.6 is 12.4 Å². The van der Waals surface area contributed by atoms with Crippen LogP contribution in [-0.4, -0.2) is 41.6 Å². The molecule has 0 radical (unpaired) electrons. The molecule has 8 heteroatoms. The van der Waals surface area contributed by atoms with Gasteiger partial charge in [0.2, 0.25) is 5.91 Å². The highest BCUT2D eigenvalue weighted by Gasteiger charge is 2.50. The van der Waals surface area contributed by atoms with E-state index in [2.05, 4.69) is 5.32 Å². The van der Waals surface area contributed by atoms with Crippen molar-refractivity contribution in [2.75, 3.05) is 19.6 Å². The average Bonchev–Trinajstić information content (AvgIpc) is 3.22. The molecule has 2 fully saturated rings. The fraction of sp³-hybridized carbons (Fsp3) is 0.458. The van der Waals surface area contributed by atoms with Crippen molar-refractivity contribution in [1.82, 2.24) is 10.2 Å². The second-order valence-corrected chi connectivity index (χ2v) is 8.77. The van der Waals surface area contributed by atoms with Gasteiger partial charge in [0.15, 0.2) is 0 Å². The van der Waals surface area contributed by atoms with Crippen molar-refractivity contribution < 1.29 is 23.1 Å². The number of piperidine rings is 1. The van der Waals surface area contributed by atoms with Gasteiger partial charge in [-0.1, -0.05) is 25.1 Å². The molecule has 0 unspecified atom stereocenters. The van der Waals surface area contributed by atoms with Crippen molar-refractivity contribution in [2.45, 2.75) is 37.8 Å². The van der Waals surface area contributed by atoms with Crippen LogP contribution in [0.2, 0.25) is 0 Å². The van der Waals surface area contributed by atoms with E-state index in [4.69, 9.17) is 0 Å². The Morgan fingerprint density at radius 3 is 2.38 bits per heavy atom. The lowest BCUT2D eigenvalue weighted by molar-refractivity contribution is -0.159. The second kappa shape index (κ2) is 9.41. The number of hydrogen-bond acceptors (Lipinski definition) is 3. The second-order valence-electron chi connectivity index (χ2n) is 8.77. The lowest BCUT2D eigenvalue weighted by atomic mass is 9.72. The van der Waals surface area contributed by atoms with Gasteiger partial charge in [0.25, 0.3) is 0 Å². The van der Waals surface area contributed by atoms with Gasteiger partial charge < -0.3 is 15.3 Å². The first-order chi connectivity index (χ1) is 14.7. The summed E-state index contributed by atoms with van der Waals surface area (Å²) in [5.41, 5.74) is -0.446. The van der Waals surface area contributed by atoms with Gasteiger partial charge in [-0.2, -0.15) is 0 Å². The minimum Gasteiger partial charge on any atom is -0.383 e. The minimum absolute atomic E-state index is 0. The molecule has 4 rings (SSSR count). The zero-order chi connectivity index (χ0) is 22.3. The van der Waals surface area contributed by atoms with Crippen LogP contribution in [0.1, 0.15) is 37.3 Å². The number of halogens is 4. The maximum absolute atomic E-state index is 14.4. The number of likely N-dealkylation sites (tertiary alicyclic amines) is 1. The van der Waals surface area contributed by atoms with Crippen molar-refractivity contribution in [3.05, 3.63) is 71.0 Å². The average molecular weight is 469 g/mol. The molecule has 0 aromatic heterocycles. The summed E-state index contributed by atoms with van der Waals surface area (Å²) in [6, 6.07) is 8.63. The SMILES string of the molecule is C[C@@H]1N(C(=O)[C@@H]2CNC[C@H]2c2ccc(F)cc2F)CC[C@H](C)[C@@]1(O)c1ccc(F)cc1.Cl. The predicted octanol–water partition coefficient (Wildman–Crippen LogP) is 3.97. The molecule has 0 saturated carbocycles. The summed E-state index contributed by atoms with van der Waals surface area (Å²) in [6.45, 7) is 5.00. The Bertz CT molecular complexity index is 974. The molecule has 2 aromatic carbocycles. The number of nitrogens with one attached hydrogen (secondary N) is 1. The van der Waals surface area contributed by atoms with E-state index in [1.807, 2.05) is 6.92 Å². The van der Waals surface area contributed by atoms with E-state index in [1.165, 1.54) is 24.3 Å². The van der Waals surface area contributed by atoms with E-state index in [9.17, 15) is 23.1 Å². The number of rotatable bonds is 3. The highest BCUT2D eigenvalue weighted by atomic mass is 35.5. The quantitative estimate of drug-likeness (QED) is 0.716. The van der Waals surface area contributed by atoms with E-state index >= 15 is 0 Å². The monoisotopic (exact) mass is 468 g/mol. The number of carbonyl (C=O) groups excluding carboxylic acids is 1. The maximum atomic E-state index is 14.4. The summed E-state index contributed by atoms with van der Waals surface area (Å²) in [5, 5.41) is 14.8. The van der Waals surface area contributed by atoms with Gasteiger partial charge in [-0.25, -0.2) is 13.2 Å². The first kappa shape index (κ1) is 24.6. The van der Waals surface area contributed by atoms with Crippen molar-refractivity contribution in [1.29, 1.82) is 0 Å². The third-order valence-electron chi connectivity index (χ3n) is 7.14. The fourth-order valence-electron chi connectivity index (χ4n) is 5.22. The molecule has 4 nitrogen and oxygen atoms in total. The Balaban J connectivity index is 0.00000289. The molecular formula is C24H28ClF3N2O2. The van der Waals surface area contributed by atoms with Crippen LogP contribution in [-0.2, 0) is 10.4 Å². The van der Waals surface area contributed by atoms with E-state index in [0.717, 1.165) is 6.07 Å². The number of benzene rings is 2. The zero-order valence-corrected chi connectivity index (χ0v) is 18.8. The molecule has 2 N–H and O–H groups in total. The molecule has 2 aliphatic rings. The Morgan fingerprint density at radius 2 is 1.72 bits per heavy atom. The van der Waals surface area contributed by atoms with Crippen LogP contribution in [0.3, 0.4) is 0 Å². The van der Waals surface area contributed by atoms with Gasteiger partial charge in [0, 0.05) is 31.6 Å². The lowest BCUT2D eigenvalue weighted by Gasteiger charge is -2.50. The summed E-state index contributed by atoms with van der Waals surface area (Å²) in [5.74, 6) is -2.94. The largest absolute Gasteiger partial charge is 0.383 e. The molecule has 0 aliphatic carbocycles. The first-order valence-electron chi connectivity index (χ1n) is 10.7. The van der Waals surface area contributed by atoms with Crippen LogP contribution in [0.15, 0.2) is 42.5 Å². The Morgan fingerprint density at radius 1 is 1.06 bits per heavy atom. The summed E-state index contributed by atoms with van der Waals surface area (Å²) < 4.78 is 41.2. The van der Waals surface area contributed by atoms with E-state index in [0.29, 0.717) is 37.2 Å². The van der Waals surface area contributed by atoms with E-state index in [1.54, 1.807) is 24.0 Å². The molecule has 0 spiro atoms. The molecule has 2 heterocycles. The topological polar surface area (TPSA) is 52.6 Å². The molecule has 2 aromatic rings. The third-order valence-corrected chi connectivity index (χ3v) is 7.14. The molecule has 32 heavy (non-hydrogen) atoms. The molecule has 174 valence electrons. The van der Waals surface area contributed by atoms with Crippen LogP contribution in [0.25, 0.3) is 0 Å². The summed E-state index contributed by atoms with van der Waals surface area (Å²) >= 11 is 0. The van der Waals surface area contributed by atoms with Crippen molar-refractivity contribution in [2.24, 2.45) is 11.8 Å². The predicted molar refractivity (Wildman–Crippen MR) is 118 cm³/mol. The van der Waals surface area contributed by atoms with Crippen molar-refractivity contribution in [3.8, 4) is 0 Å². The number of carbonyl (C=O) groups is 1. The Labute approximate surface area is 192 Å². The number of nitrogens with zero attached hydrogens (tertiary/aromatic N) is 1. The smallest absolute Gasteiger partial charge is 0.227 e. The molecule has 0 bridgehead atoms. The van der Waals surface area contributed by atoms with Gasteiger partial charge in [0.1, 0.15) is 23.1 Å². The highest BCUT2D eigenvalue weighted by Crippen LogP contribution is 2.42. The van der Waals surface area contributed by atoms with Gasteiger partial charge in [-0.15, -0.1) is 12.4 Å². The Kier molecular flexibility index (Phi) is 7.22. The van der Waals surface area contributed by atoms with Gasteiger partial charge in [-0.05, 0) is 48.6 Å². The lowest BCUT2D eigenvalue weighted by Crippen LogP contribution is -2.60. The molecule has 2 aliphatic heterocycles. The molecule has 5 atom stereocenters. The van der Waals surface area contributed by atoms with E-state index in [-0.39, 0.29) is 24.2 Å². The van der Waals surface area contributed by atoms with E-state index < -0.39 is 40.9 Å². The van der Waals surface area contributed by atoms with Gasteiger partial charge >= 0.3 is 0 Å². The van der Waals surface area contributed by atoms with Crippen molar-refractivity contribution in [3.63, 3.8) is 0 Å². The fourth-order valence-corrected chi connectivity index (χ4v) is 5.22. The van der Waals surface area contributed by atoms with Gasteiger partial charge in [-0.3, -0.25) is 4.79 Å². The first-order valence-corrected chi connectivity index (χ1v) is 10.7. The number of amides is 1. The minimum atomic E-state index is -1.33. The highest BCUT2D eigenvalue weighted by molar-refractivity contribution is 5.85. The molecule has 2 saturated heterocycles. The molecular weight excluding hydrogens is 441 g/mol. The summed E-state index contributed by atoms with van der Waals surface area (Å²) in [4.78, 5) is 15.2. The van der Waals surface area contributed by atoms with Gasteiger partial charge in [0.05, 0.1) is 12.0 Å². The van der Waals surface area contributed by atoms with Crippen LogP contribution in [0.4, 0.5) is 13.2 Å². The standard InChI is InChI=1S/C24H27F3N2O2.ClH/c1-14-9-10-29(15(2)24(14,31)16-3-5-17(25)6-4-16)23(30)21-13-28-12-20(21)19-8-7-18(26)11-22(19)27;/h3-8,11,14-15,20-21,28,31H,9-10,12-13H2,1-2H3;1H/t14-,15-,20-,21+,24-;/m0./s1. The maximum Gasteiger partial charge on any atom is 0.227 e. The zero-order valence-electron chi connectivity index (χ0n) is 18.0. The summed E-state index contributed by atoms with van der Waals surface area (Å²) in [6.07, 6.45) is 0.583. The third kappa shape index (κ3) is 4.14. The number of hydrogen-bond donors (Lipinski definition) is 2. The van der Waals surface area contributed by atoms with Crippen LogP contribution < -0.4 is 5.32 Å². The van der Waals surface area contributed by atoms with Crippen LogP contribution in [0, 0.1) is 29.3 Å². The molecule has 1 amide bonds.